The zero-order valence-corrected chi connectivity index (χ0v) is 23.7. The van der Waals surface area contributed by atoms with Crippen LogP contribution in [0.3, 0.4) is 0 Å². The Kier molecular flexibility index (Phi) is 7.05. The number of aliphatic hydroxyl groups is 2. The van der Waals surface area contributed by atoms with Crippen molar-refractivity contribution in [3.05, 3.63) is 68.8 Å². The highest BCUT2D eigenvalue weighted by Crippen LogP contribution is 2.42. The van der Waals surface area contributed by atoms with E-state index < -0.39 is 6.29 Å². The van der Waals surface area contributed by atoms with Crippen LogP contribution < -0.4 is 0 Å². The Morgan fingerprint density at radius 1 is 0.816 bits per heavy atom. The van der Waals surface area contributed by atoms with Crippen molar-refractivity contribution in [1.29, 1.82) is 0 Å². The average molecular weight is 513 g/mol. The molecule has 0 unspecified atom stereocenters. The topological polar surface area (TPSA) is 97.8 Å². The van der Waals surface area contributed by atoms with Crippen molar-refractivity contribution in [3.63, 3.8) is 0 Å². The quantitative estimate of drug-likeness (QED) is 0.279. The van der Waals surface area contributed by atoms with E-state index in [-0.39, 0.29) is 11.8 Å². The van der Waals surface area contributed by atoms with E-state index in [1.807, 2.05) is 0 Å². The Morgan fingerprint density at radius 2 is 1.42 bits per heavy atom. The molecule has 0 aromatic carbocycles. The maximum atomic E-state index is 9.64. The lowest BCUT2D eigenvalue weighted by molar-refractivity contribution is -0.0476. The molecule has 2 aliphatic rings. The maximum Gasteiger partial charge on any atom is 0.151 e. The summed E-state index contributed by atoms with van der Waals surface area (Å²) in [7, 11) is 0. The van der Waals surface area contributed by atoms with Crippen molar-refractivity contribution >= 4 is 33.7 Å². The number of aromatic amines is 2. The van der Waals surface area contributed by atoms with E-state index in [0.717, 1.165) is 68.8 Å². The summed E-state index contributed by atoms with van der Waals surface area (Å²) in [5.74, 6) is 0.242. The number of fused-ring (bicyclic) bond motifs is 8. The van der Waals surface area contributed by atoms with Crippen LogP contribution in [-0.2, 0) is 12.8 Å². The van der Waals surface area contributed by atoms with Gasteiger partial charge in [0.25, 0.3) is 0 Å². The highest BCUT2D eigenvalue weighted by molar-refractivity contribution is 5.85. The van der Waals surface area contributed by atoms with Crippen molar-refractivity contribution in [1.82, 2.24) is 19.9 Å². The summed E-state index contributed by atoms with van der Waals surface area (Å²) in [5.41, 5.74) is 15.7. The first-order valence-corrected chi connectivity index (χ1v) is 13.9. The monoisotopic (exact) mass is 512 g/mol. The second-order valence-electron chi connectivity index (χ2n) is 11.0. The molecule has 6 nitrogen and oxygen atoms in total. The fraction of sp³-hybridized carbons (Fsp3) is 0.438. The zero-order chi connectivity index (χ0) is 27.3. The van der Waals surface area contributed by atoms with E-state index in [1.54, 1.807) is 0 Å². The van der Waals surface area contributed by atoms with Gasteiger partial charge in [0.15, 0.2) is 6.29 Å². The SMILES string of the molecule is CCc1c(C)c2cc3[nH]c(cc4nc(c(C)c5nc(cc1[nH]2)C(C)=C5)[C@@H](CCC(O)O)[C@@H]4C)c(C)c3CC. The van der Waals surface area contributed by atoms with Crippen LogP contribution >= 0.6 is 0 Å². The zero-order valence-electron chi connectivity index (χ0n) is 23.7. The molecular weight excluding hydrogens is 472 g/mol. The Hall–Kier alpha value is -3.22. The fourth-order valence-electron chi connectivity index (χ4n) is 6.24. The van der Waals surface area contributed by atoms with Gasteiger partial charge in [-0.05, 0) is 111 Å². The number of rotatable bonds is 5. The van der Waals surface area contributed by atoms with Crippen LogP contribution in [0.4, 0.5) is 0 Å². The molecule has 0 aliphatic carbocycles. The largest absolute Gasteiger partial charge is 0.368 e. The summed E-state index contributed by atoms with van der Waals surface area (Å²) < 4.78 is 0. The molecule has 200 valence electrons. The summed E-state index contributed by atoms with van der Waals surface area (Å²) in [6.45, 7) is 15.2. The number of allylic oxidation sites excluding steroid dienone is 1. The standard InChI is InChI=1S/C32H40N4O2/c1-8-21-18(5)27-15-30-22(9-2)17(4)26(34-30)14-28-19(6)23(10-11-31(37)38)32(36-28)20(7)25-12-16(3)24(33-25)13-29(21)35-27/h12-15,19,23,31,34-35,37-38H,8-11H2,1-7H3/t19-,23-/m0/s1. The molecule has 4 N–H and O–H groups in total. The number of nitrogens with one attached hydrogen (secondary N) is 2. The number of aliphatic hydroxyl groups excluding tert-OH is 1. The van der Waals surface area contributed by atoms with Gasteiger partial charge >= 0.3 is 0 Å². The van der Waals surface area contributed by atoms with Crippen molar-refractivity contribution in [2.75, 3.05) is 0 Å². The Morgan fingerprint density at radius 3 is 2.03 bits per heavy atom. The Bertz CT molecular complexity index is 1590. The van der Waals surface area contributed by atoms with E-state index in [4.69, 9.17) is 9.97 Å². The molecule has 0 saturated carbocycles. The molecule has 5 heterocycles. The molecule has 0 fully saturated rings. The molecule has 3 aromatic rings. The summed E-state index contributed by atoms with van der Waals surface area (Å²) in [4.78, 5) is 17.6. The molecule has 0 radical (unpaired) electrons. The lowest BCUT2D eigenvalue weighted by Gasteiger charge is -2.17. The maximum absolute atomic E-state index is 9.64. The third kappa shape index (κ3) is 4.50. The number of aryl methyl sites for hydroxylation is 4. The van der Waals surface area contributed by atoms with Crippen molar-refractivity contribution in [2.45, 2.75) is 92.3 Å². The Labute approximate surface area is 224 Å². The fourth-order valence-corrected chi connectivity index (χ4v) is 6.24. The van der Waals surface area contributed by atoms with E-state index >= 15 is 0 Å². The lowest BCUT2D eigenvalue weighted by Crippen LogP contribution is -2.10. The molecular formula is C32H40N4O2. The van der Waals surface area contributed by atoms with Crippen LogP contribution in [0.5, 0.6) is 0 Å². The minimum Gasteiger partial charge on any atom is -0.368 e. The molecule has 0 spiro atoms. The molecule has 2 atom stereocenters. The van der Waals surface area contributed by atoms with Crippen LogP contribution in [0.15, 0.2) is 18.2 Å². The van der Waals surface area contributed by atoms with Gasteiger partial charge in [0.1, 0.15) is 0 Å². The number of aromatic nitrogens is 4. The van der Waals surface area contributed by atoms with Gasteiger partial charge in [-0.2, -0.15) is 0 Å². The predicted molar refractivity (Wildman–Crippen MR) is 156 cm³/mol. The second kappa shape index (κ2) is 10.2. The summed E-state index contributed by atoms with van der Waals surface area (Å²) >= 11 is 0. The Balaban J connectivity index is 1.91. The highest BCUT2D eigenvalue weighted by atomic mass is 16.5. The van der Waals surface area contributed by atoms with E-state index in [9.17, 15) is 10.2 Å². The lowest BCUT2D eigenvalue weighted by atomic mass is 9.85. The number of nitrogens with zero attached hydrogens (tertiary/aromatic N) is 2. The van der Waals surface area contributed by atoms with Crippen molar-refractivity contribution in [3.8, 4) is 0 Å². The van der Waals surface area contributed by atoms with Crippen molar-refractivity contribution < 1.29 is 10.2 Å². The molecule has 38 heavy (non-hydrogen) atoms. The highest BCUT2D eigenvalue weighted by Gasteiger charge is 2.31. The normalized spacial score (nSPS) is 17.4. The molecule has 0 amide bonds. The van der Waals surface area contributed by atoms with Gasteiger partial charge in [-0.15, -0.1) is 0 Å². The van der Waals surface area contributed by atoms with Gasteiger partial charge in [-0.3, -0.25) is 4.98 Å². The van der Waals surface area contributed by atoms with Gasteiger partial charge in [-0.25, -0.2) is 4.98 Å². The molecule has 2 aliphatic heterocycles. The molecule has 6 heteroatoms. The second-order valence-corrected chi connectivity index (χ2v) is 11.0. The van der Waals surface area contributed by atoms with E-state index in [2.05, 4.69) is 82.7 Å². The summed E-state index contributed by atoms with van der Waals surface area (Å²) in [6.07, 6.45) is 3.66. The van der Waals surface area contributed by atoms with Gasteiger partial charge in [0.05, 0.1) is 11.4 Å². The average Bonchev–Trinajstić information content (AvgIpc) is 3.57. The van der Waals surface area contributed by atoms with E-state index in [0.29, 0.717) is 12.8 Å². The first-order valence-electron chi connectivity index (χ1n) is 13.9. The molecule has 3 aromatic heterocycles. The van der Waals surface area contributed by atoms with Gasteiger partial charge in [0.2, 0.25) is 0 Å². The first-order chi connectivity index (χ1) is 18.1. The first kappa shape index (κ1) is 26.4. The molecule has 8 bridgehead atoms. The smallest absolute Gasteiger partial charge is 0.151 e. The van der Waals surface area contributed by atoms with Gasteiger partial charge in [0, 0.05) is 45.3 Å². The third-order valence-corrected chi connectivity index (χ3v) is 8.64. The molecule has 5 rings (SSSR count). The van der Waals surface area contributed by atoms with Gasteiger partial charge < -0.3 is 20.2 Å². The van der Waals surface area contributed by atoms with Crippen LogP contribution in [0, 0.1) is 20.8 Å². The minimum absolute atomic E-state index is 0.0926. The number of hydrogen-bond donors (Lipinski definition) is 4. The van der Waals surface area contributed by atoms with Crippen LogP contribution in [0.25, 0.3) is 33.7 Å². The van der Waals surface area contributed by atoms with Crippen molar-refractivity contribution in [2.24, 2.45) is 0 Å². The summed E-state index contributed by atoms with van der Waals surface area (Å²) in [6, 6.07) is 6.62. The number of hydrogen-bond acceptors (Lipinski definition) is 4. The van der Waals surface area contributed by atoms with Crippen LogP contribution in [-0.4, -0.2) is 36.4 Å². The van der Waals surface area contributed by atoms with E-state index in [1.165, 1.54) is 22.3 Å². The predicted octanol–water partition coefficient (Wildman–Crippen LogP) is 6.90. The third-order valence-electron chi connectivity index (χ3n) is 8.64. The number of H-pyrrole nitrogens is 2. The summed E-state index contributed by atoms with van der Waals surface area (Å²) in [5, 5.41) is 19.3. The van der Waals surface area contributed by atoms with Crippen LogP contribution in [0.2, 0.25) is 0 Å². The minimum atomic E-state index is -1.32. The van der Waals surface area contributed by atoms with Crippen LogP contribution in [0.1, 0.15) is 103 Å². The van der Waals surface area contributed by atoms with Gasteiger partial charge in [-0.1, -0.05) is 20.8 Å². The molecule has 0 saturated heterocycles.